The monoisotopic (exact) mass is 343 g/mol. The van der Waals surface area contributed by atoms with Crippen LogP contribution in [0.1, 0.15) is 12.5 Å². The summed E-state index contributed by atoms with van der Waals surface area (Å²) in [6, 6.07) is 6.23. The van der Waals surface area contributed by atoms with E-state index in [1.807, 2.05) is 12.1 Å². The third kappa shape index (κ3) is 2.61. The lowest BCUT2D eigenvalue weighted by atomic mass is 10.1. The summed E-state index contributed by atoms with van der Waals surface area (Å²) in [5.74, 6) is 1.34. The Morgan fingerprint density at radius 3 is 3.04 bits per heavy atom. The van der Waals surface area contributed by atoms with Gasteiger partial charge in [-0.25, -0.2) is 4.98 Å². The van der Waals surface area contributed by atoms with Crippen LogP contribution in [0.25, 0.3) is 22.3 Å². The smallest absolute Gasteiger partial charge is 0.134 e. The summed E-state index contributed by atoms with van der Waals surface area (Å²) in [5.41, 5.74) is 3.53. The second kappa shape index (κ2) is 6.37. The van der Waals surface area contributed by atoms with Gasteiger partial charge in [-0.15, -0.1) is 11.6 Å². The normalized spacial score (nSPS) is 18.2. The van der Waals surface area contributed by atoms with Crippen LogP contribution in [0.2, 0.25) is 0 Å². The van der Waals surface area contributed by atoms with Crippen LogP contribution in [-0.2, 0) is 10.6 Å². The van der Waals surface area contributed by atoms with Crippen molar-refractivity contribution in [1.82, 2.24) is 20.2 Å². The lowest BCUT2D eigenvalue weighted by Crippen LogP contribution is -2.44. The summed E-state index contributed by atoms with van der Waals surface area (Å²) >= 11 is 6.21. The molecule has 0 spiro atoms. The van der Waals surface area contributed by atoms with Gasteiger partial charge in [-0.1, -0.05) is 0 Å². The van der Waals surface area contributed by atoms with Crippen molar-refractivity contribution in [2.24, 2.45) is 0 Å². The van der Waals surface area contributed by atoms with Crippen molar-refractivity contribution in [3.05, 3.63) is 36.2 Å². The molecule has 24 heavy (non-hydrogen) atoms. The molecule has 1 saturated heterocycles. The van der Waals surface area contributed by atoms with E-state index >= 15 is 0 Å². The van der Waals surface area contributed by atoms with Crippen LogP contribution in [0.15, 0.2) is 30.6 Å². The fraction of sp³-hybridized carbons (Fsp3) is 0.353. The molecule has 0 unspecified atom stereocenters. The van der Waals surface area contributed by atoms with E-state index in [4.69, 9.17) is 21.3 Å². The van der Waals surface area contributed by atoms with Gasteiger partial charge in [0, 0.05) is 29.9 Å². The summed E-state index contributed by atoms with van der Waals surface area (Å²) in [7, 11) is 0. The number of fused-ring (bicyclic) bond motifs is 1. The number of rotatable bonds is 3. The third-order valence-corrected chi connectivity index (χ3v) is 4.62. The van der Waals surface area contributed by atoms with Crippen molar-refractivity contribution in [3.8, 4) is 11.4 Å². The first kappa shape index (κ1) is 15.4. The minimum atomic E-state index is 0.262. The van der Waals surface area contributed by atoms with Crippen molar-refractivity contribution in [1.29, 1.82) is 0 Å². The second-order valence-electron chi connectivity index (χ2n) is 5.92. The fourth-order valence-corrected chi connectivity index (χ4v) is 3.30. The first-order valence-corrected chi connectivity index (χ1v) is 8.50. The molecule has 1 atom stereocenters. The first-order valence-electron chi connectivity index (χ1n) is 7.96. The highest BCUT2D eigenvalue weighted by atomic mass is 35.5. The quantitative estimate of drug-likeness (QED) is 0.740. The zero-order chi connectivity index (χ0) is 16.5. The number of hydrogen-bond donors (Lipinski definition) is 1. The number of aromatic nitrogens is 4. The van der Waals surface area contributed by atoms with Crippen LogP contribution >= 0.6 is 11.6 Å². The molecule has 1 aliphatic heterocycles. The molecular formula is C17H18ClN5O. The maximum Gasteiger partial charge on any atom is 0.134 e. The molecule has 1 aliphatic rings. The van der Waals surface area contributed by atoms with Gasteiger partial charge in [-0.2, -0.15) is 5.10 Å². The molecule has 0 aromatic carbocycles. The fourth-order valence-electron chi connectivity index (χ4n) is 3.11. The second-order valence-corrected chi connectivity index (χ2v) is 6.19. The molecule has 3 aromatic rings. The van der Waals surface area contributed by atoms with Crippen molar-refractivity contribution in [2.75, 3.05) is 24.7 Å². The molecular weight excluding hydrogens is 326 g/mol. The van der Waals surface area contributed by atoms with Gasteiger partial charge in [0.05, 0.1) is 30.8 Å². The van der Waals surface area contributed by atoms with Crippen LogP contribution in [-0.4, -0.2) is 46.0 Å². The SMILES string of the molecule is C[C@@H]1COCCN1c1nc2c(-c3ccn[nH]3)nccc2cc1CCl. The lowest BCUT2D eigenvalue weighted by Gasteiger charge is -2.35. The molecule has 3 aromatic heterocycles. The average Bonchev–Trinajstić information content (AvgIpc) is 3.15. The van der Waals surface area contributed by atoms with Crippen LogP contribution in [0.5, 0.6) is 0 Å². The number of halogens is 1. The number of nitrogens with one attached hydrogen (secondary N) is 1. The Balaban J connectivity index is 1.91. The van der Waals surface area contributed by atoms with E-state index in [-0.39, 0.29) is 6.04 Å². The Morgan fingerprint density at radius 2 is 2.29 bits per heavy atom. The van der Waals surface area contributed by atoms with Crippen LogP contribution in [0.4, 0.5) is 5.82 Å². The number of hydrogen-bond acceptors (Lipinski definition) is 5. The zero-order valence-corrected chi connectivity index (χ0v) is 14.1. The van der Waals surface area contributed by atoms with Gasteiger partial charge in [-0.3, -0.25) is 10.1 Å². The Kier molecular flexibility index (Phi) is 4.08. The predicted molar refractivity (Wildman–Crippen MR) is 94.3 cm³/mol. The molecule has 0 aliphatic carbocycles. The number of aromatic amines is 1. The Hall–Kier alpha value is -2.18. The highest BCUT2D eigenvalue weighted by Crippen LogP contribution is 2.31. The number of H-pyrrole nitrogens is 1. The molecule has 4 heterocycles. The predicted octanol–water partition coefficient (Wildman–Crippen LogP) is 2.98. The van der Waals surface area contributed by atoms with Crippen molar-refractivity contribution >= 4 is 28.3 Å². The topological polar surface area (TPSA) is 66.9 Å². The summed E-state index contributed by atoms with van der Waals surface area (Å²) in [4.78, 5) is 11.7. The average molecular weight is 344 g/mol. The van der Waals surface area contributed by atoms with Gasteiger partial charge < -0.3 is 9.64 Å². The number of alkyl halides is 1. The number of anilines is 1. The molecule has 6 nitrogen and oxygen atoms in total. The van der Waals surface area contributed by atoms with E-state index in [0.717, 1.165) is 40.2 Å². The van der Waals surface area contributed by atoms with Gasteiger partial charge in [0.2, 0.25) is 0 Å². The van der Waals surface area contributed by atoms with Crippen LogP contribution < -0.4 is 4.90 Å². The van der Waals surface area contributed by atoms with E-state index in [1.165, 1.54) is 0 Å². The zero-order valence-electron chi connectivity index (χ0n) is 13.4. The Morgan fingerprint density at radius 1 is 1.38 bits per heavy atom. The molecule has 0 radical (unpaired) electrons. The Bertz CT molecular complexity index is 852. The van der Waals surface area contributed by atoms with Crippen LogP contribution in [0, 0.1) is 0 Å². The van der Waals surface area contributed by atoms with Crippen molar-refractivity contribution < 1.29 is 4.74 Å². The molecule has 124 valence electrons. The third-order valence-electron chi connectivity index (χ3n) is 4.33. The maximum absolute atomic E-state index is 6.21. The maximum atomic E-state index is 6.21. The number of pyridine rings is 2. The van der Waals surface area contributed by atoms with Gasteiger partial charge in [0.15, 0.2) is 0 Å². The highest BCUT2D eigenvalue weighted by molar-refractivity contribution is 6.17. The molecule has 0 saturated carbocycles. The molecule has 7 heteroatoms. The van der Waals surface area contributed by atoms with Crippen LogP contribution in [0.3, 0.4) is 0 Å². The number of nitrogens with zero attached hydrogens (tertiary/aromatic N) is 4. The highest BCUT2D eigenvalue weighted by Gasteiger charge is 2.23. The van der Waals surface area contributed by atoms with Gasteiger partial charge in [-0.05, 0) is 25.1 Å². The van der Waals surface area contributed by atoms with E-state index in [1.54, 1.807) is 12.4 Å². The Labute approximate surface area is 144 Å². The minimum absolute atomic E-state index is 0.262. The summed E-state index contributed by atoms with van der Waals surface area (Å²) < 4.78 is 5.55. The molecule has 0 amide bonds. The molecule has 0 bridgehead atoms. The molecule has 1 fully saturated rings. The van der Waals surface area contributed by atoms with E-state index in [0.29, 0.717) is 19.1 Å². The lowest BCUT2D eigenvalue weighted by molar-refractivity contribution is 0.0985. The number of ether oxygens (including phenoxy) is 1. The minimum Gasteiger partial charge on any atom is -0.377 e. The van der Waals surface area contributed by atoms with Gasteiger partial charge in [0.25, 0.3) is 0 Å². The molecule has 4 rings (SSSR count). The number of morpholine rings is 1. The van der Waals surface area contributed by atoms with E-state index < -0.39 is 0 Å². The molecule has 1 N–H and O–H groups in total. The first-order chi connectivity index (χ1) is 11.8. The van der Waals surface area contributed by atoms with Gasteiger partial charge in [0.1, 0.15) is 17.0 Å². The summed E-state index contributed by atoms with van der Waals surface area (Å²) in [6.07, 6.45) is 3.50. The van der Waals surface area contributed by atoms with Crippen molar-refractivity contribution in [2.45, 2.75) is 18.8 Å². The van der Waals surface area contributed by atoms with E-state index in [9.17, 15) is 0 Å². The van der Waals surface area contributed by atoms with E-state index in [2.05, 4.69) is 33.1 Å². The van der Waals surface area contributed by atoms with Gasteiger partial charge >= 0.3 is 0 Å². The largest absolute Gasteiger partial charge is 0.377 e. The standard InChI is InChI=1S/C17H18ClN5O/c1-11-10-24-7-6-23(11)17-13(9-18)8-12-2-4-19-16(15(12)21-17)14-3-5-20-22-14/h2-5,8,11H,6-7,9-10H2,1H3,(H,20,22)/t11-/m1/s1. The summed E-state index contributed by atoms with van der Waals surface area (Å²) in [5, 5.41) is 8.02. The summed E-state index contributed by atoms with van der Waals surface area (Å²) in [6.45, 7) is 4.35. The van der Waals surface area contributed by atoms with Crippen molar-refractivity contribution in [3.63, 3.8) is 0 Å².